The number of hydrogen-bond donors (Lipinski definition) is 1. The Morgan fingerprint density at radius 3 is 2.50 bits per heavy atom. The van der Waals surface area contributed by atoms with Crippen LogP contribution in [0.5, 0.6) is 0 Å². The molecule has 4 aromatic rings. The van der Waals surface area contributed by atoms with Crippen molar-refractivity contribution in [3.63, 3.8) is 0 Å². The fourth-order valence-electron chi connectivity index (χ4n) is 3.59. The molecule has 0 spiro atoms. The van der Waals surface area contributed by atoms with E-state index in [1.165, 1.54) is 0 Å². The van der Waals surface area contributed by atoms with Gasteiger partial charge in [0.2, 0.25) is 5.82 Å². The Morgan fingerprint density at radius 1 is 1.00 bits per heavy atom. The molecule has 0 aliphatic carbocycles. The fraction of sp³-hybridized carbons (Fsp3) is 0.261. The number of nitrogens with one attached hydrogen (secondary N) is 1. The summed E-state index contributed by atoms with van der Waals surface area (Å²) < 4.78 is 17.7. The molecule has 9 heteroatoms. The molecule has 1 fully saturated rings. The third-order valence-electron chi connectivity index (χ3n) is 6.13. The summed E-state index contributed by atoms with van der Waals surface area (Å²) >= 11 is 6.08. The second-order valence-electron chi connectivity index (χ2n) is 8.88. The van der Waals surface area contributed by atoms with Crippen molar-refractivity contribution in [3.8, 4) is 22.8 Å². The summed E-state index contributed by atoms with van der Waals surface area (Å²) in [6.07, 6.45) is 0. The highest BCUT2D eigenvalue weighted by Crippen LogP contribution is 2.36. The Hall–Kier alpha value is -2.94. The monoisotopic (exact) mass is 449 g/mol. The van der Waals surface area contributed by atoms with Gasteiger partial charge in [0.15, 0.2) is 0 Å². The Labute approximate surface area is 189 Å². The van der Waals surface area contributed by atoms with Crippen molar-refractivity contribution in [1.29, 1.82) is 0 Å². The molecule has 0 saturated carbocycles. The lowest BCUT2D eigenvalue weighted by molar-refractivity contribution is 0.00578. The van der Waals surface area contributed by atoms with E-state index in [1.807, 2.05) is 52.0 Å². The molecule has 0 radical (unpaired) electrons. The summed E-state index contributed by atoms with van der Waals surface area (Å²) in [6.45, 7) is 8.04. The van der Waals surface area contributed by atoms with Gasteiger partial charge >= 0.3 is 7.12 Å². The van der Waals surface area contributed by atoms with Crippen LogP contribution in [0.1, 0.15) is 27.7 Å². The summed E-state index contributed by atoms with van der Waals surface area (Å²) in [5, 5.41) is 5.42. The maximum atomic E-state index is 12.6. The van der Waals surface area contributed by atoms with Crippen molar-refractivity contribution in [3.05, 3.63) is 63.9 Å². The van der Waals surface area contributed by atoms with E-state index in [-0.39, 0.29) is 17.0 Å². The number of benzene rings is 2. The maximum Gasteiger partial charge on any atom is 0.494 e. The van der Waals surface area contributed by atoms with Gasteiger partial charge in [-0.15, -0.1) is 0 Å². The quantitative estimate of drug-likeness (QED) is 0.472. The summed E-state index contributed by atoms with van der Waals surface area (Å²) in [5.41, 5.74) is 1.35. The molecule has 32 heavy (non-hydrogen) atoms. The van der Waals surface area contributed by atoms with Crippen molar-refractivity contribution in [2.45, 2.75) is 38.9 Å². The summed E-state index contributed by atoms with van der Waals surface area (Å²) in [6, 6.07) is 14.5. The van der Waals surface area contributed by atoms with Gasteiger partial charge in [0, 0.05) is 21.5 Å². The zero-order valence-corrected chi connectivity index (χ0v) is 18.9. The lowest BCUT2D eigenvalue weighted by Gasteiger charge is -2.32. The third-order valence-corrected chi connectivity index (χ3v) is 6.37. The molecule has 1 aliphatic rings. The fourth-order valence-corrected chi connectivity index (χ4v) is 3.77. The molecule has 0 atom stereocenters. The summed E-state index contributed by atoms with van der Waals surface area (Å²) in [5.74, 6) is 0.494. The van der Waals surface area contributed by atoms with Crippen molar-refractivity contribution in [1.82, 2.24) is 15.1 Å². The van der Waals surface area contributed by atoms with Crippen LogP contribution in [-0.2, 0) is 9.31 Å². The van der Waals surface area contributed by atoms with Gasteiger partial charge in [-0.05, 0) is 57.4 Å². The van der Waals surface area contributed by atoms with Gasteiger partial charge in [0.25, 0.3) is 11.4 Å². The van der Waals surface area contributed by atoms with Crippen LogP contribution in [0.4, 0.5) is 0 Å². The van der Waals surface area contributed by atoms with Gasteiger partial charge in [0.1, 0.15) is 5.56 Å². The van der Waals surface area contributed by atoms with Crippen LogP contribution in [0.15, 0.2) is 57.8 Å². The number of rotatable bonds is 3. The van der Waals surface area contributed by atoms with Crippen LogP contribution in [-0.4, -0.2) is 33.4 Å². The lowest BCUT2D eigenvalue weighted by atomic mass is 9.78. The standard InChI is InChI=1S/C23H21BClN3O4/c1-22(2)23(3,4)32-24(31-22)15-7-5-6-13(10-15)19-27-21(30-28-19)17-12-14-11-16(25)8-9-18(14)26-20(17)29/h5-12H,1-4H3,(H,26,29). The Kier molecular flexibility index (Phi) is 4.78. The first kappa shape index (κ1) is 20.9. The van der Waals surface area contributed by atoms with Crippen LogP contribution in [0.3, 0.4) is 0 Å². The Bertz CT molecular complexity index is 1380. The van der Waals surface area contributed by atoms with E-state index in [9.17, 15) is 4.79 Å². The molecule has 162 valence electrons. The highest BCUT2D eigenvalue weighted by molar-refractivity contribution is 6.62. The predicted molar refractivity (Wildman–Crippen MR) is 124 cm³/mol. The molecular weight excluding hydrogens is 429 g/mol. The minimum Gasteiger partial charge on any atom is -0.399 e. The number of hydrogen-bond acceptors (Lipinski definition) is 6. The molecule has 0 unspecified atom stereocenters. The molecular formula is C23H21BClN3O4. The zero-order chi connectivity index (χ0) is 22.7. The van der Waals surface area contributed by atoms with Crippen molar-refractivity contribution in [2.24, 2.45) is 0 Å². The largest absolute Gasteiger partial charge is 0.494 e. The SMILES string of the molecule is CC1(C)OB(c2cccc(-c3noc(-c4cc5cc(Cl)ccc5[nH]c4=O)n3)c2)OC1(C)C. The molecule has 0 bridgehead atoms. The van der Waals surface area contributed by atoms with Crippen LogP contribution in [0.25, 0.3) is 33.7 Å². The molecule has 5 rings (SSSR count). The molecule has 2 aromatic heterocycles. The first-order chi connectivity index (χ1) is 15.1. The minimum atomic E-state index is -0.501. The first-order valence-electron chi connectivity index (χ1n) is 10.3. The highest BCUT2D eigenvalue weighted by atomic mass is 35.5. The normalized spacial score (nSPS) is 17.2. The second kappa shape index (κ2) is 7.30. The molecule has 0 amide bonds. The van der Waals surface area contributed by atoms with Gasteiger partial charge in [-0.1, -0.05) is 41.0 Å². The molecule has 2 aromatic carbocycles. The number of H-pyrrole nitrogens is 1. The van der Waals surface area contributed by atoms with Crippen molar-refractivity contribution in [2.75, 3.05) is 0 Å². The number of aromatic nitrogens is 3. The summed E-state index contributed by atoms with van der Waals surface area (Å²) in [7, 11) is -0.501. The van der Waals surface area contributed by atoms with E-state index >= 15 is 0 Å². The van der Waals surface area contributed by atoms with Crippen molar-refractivity contribution >= 4 is 35.1 Å². The number of nitrogens with zero attached hydrogens (tertiary/aromatic N) is 2. The van der Waals surface area contributed by atoms with E-state index in [1.54, 1.807) is 24.3 Å². The van der Waals surface area contributed by atoms with Crippen LogP contribution in [0, 0.1) is 0 Å². The maximum absolute atomic E-state index is 12.6. The highest BCUT2D eigenvalue weighted by Gasteiger charge is 2.51. The van der Waals surface area contributed by atoms with Gasteiger partial charge in [-0.3, -0.25) is 4.79 Å². The minimum absolute atomic E-state index is 0.129. The van der Waals surface area contributed by atoms with Crippen LogP contribution in [0.2, 0.25) is 5.02 Å². The predicted octanol–water partition coefficient (Wildman–Crippen LogP) is 4.20. The van der Waals surface area contributed by atoms with E-state index in [4.69, 9.17) is 25.4 Å². The number of pyridine rings is 1. The topological polar surface area (TPSA) is 90.2 Å². The average Bonchev–Trinajstić information content (AvgIpc) is 3.30. The average molecular weight is 450 g/mol. The number of fused-ring (bicyclic) bond motifs is 1. The Balaban J connectivity index is 1.49. The first-order valence-corrected chi connectivity index (χ1v) is 10.6. The molecule has 1 aliphatic heterocycles. The summed E-state index contributed by atoms with van der Waals surface area (Å²) in [4.78, 5) is 19.8. The number of halogens is 1. The molecule has 1 saturated heterocycles. The van der Waals surface area contributed by atoms with Crippen molar-refractivity contribution < 1.29 is 13.8 Å². The molecule has 7 nitrogen and oxygen atoms in total. The van der Waals surface area contributed by atoms with Crippen LogP contribution >= 0.6 is 11.6 Å². The van der Waals surface area contributed by atoms with Gasteiger partial charge in [-0.2, -0.15) is 4.98 Å². The van der Waals surface area contributed by atoms with E-state index < -0.39 is 18.3 Å². The zero-order valence-electron chi connectivity index (χ0n) is 18.1. The Morgan fingerprint density at radius 2 is 1.75 bits per heavy atom. The van der Waals surface area contributed by atoms with Gasteiger partial charge in [0.05, 0.1) is 11.2 Å². The lowest BCUT2D eigenvalue weighted by Crippen LogP contribution is -2.41. The van der Waals surface area contributed by atoms with Crippen LogP contribution < -0.4 is 11.0 Å². The van der Waals surface area contributed by atoms with E-state index in [2.05, 4.69) is 15.1 Å². The number of aromatic amines is 1. The molecule has 3 heterocycles. The van der Waals surface area contributed by atoms with Gasteiger partial charge < -0.3 is 18.8 Å². The second-order valence-corrected chi connectivity index (χ2v) is 9.32. The van der Waals surface area contributed by atoms with E-state index in [0.717, 1.165) is 16.4 Å². The van der Waals surface area contributed by atoms with Gasteiger partial charge in [-0.25, -0.2) is 0 Å². The molecule has 1 N–H and O–H groups in total. The van der Waals surface area contributed by atoms with E-state index in [0.29, 0.717) is 16.4 Å². The smallest absolute Gasteiger partial charge is 0.399 e. The third kappa shape index (κ3) is 3.54.